The minimum absolute atomic E-state index is 0.234. The van der Waals surface area contributed by atoms with E-state index >= 15 is 0 Å². The summed E-state index contributed by atoms with van der Waals surface area (Å²) in [5.41, 5.74) is 7.75. The number of hydrazone groups is 1. The first-order valence-corrected chi connectivity index (χ1v) is 7.12. The number of hydrogen-bond acceptors (Lipinski definition) is 6. The molecule has 0 fully saturated rings. The van der Waals surface area contributed by atoms with Gasteiger partial charge in [0.1, 0.15) is 0 Å². The van der Waals surface area contributed by atoms with Crippen molar-refractivity contribution in [1.29, 1.82) is 0 Å². The average molecular weight is 304 g/mol. The van der Waals surface area contributed by atoms with Crippen LogP contribution in [-0.4, -0.2) is 28.4 Å². The predicted molar refractivity (Wildman–Crippen MR) is 92.1 cm³/mol. The highest BCUT2D eigenvalue weighted by Crippen LogP contribution is 2.21. The topological polar surface area (TPSA) is 80.3 Å². The highest BCUT2D eigenvalue weighted by Gasteiger charge is 2.11. The van der Waals surface area contributed by atoms with Crippen LogP contribution >= 0.6 is 0 Å². The van der Waals surface area contributed by atoms with E-state index in [1.54, 1.807) is 18.3 Å². The Labute approximate surface area is 134 Å². The van der Waals surface area contributed by atoms with E-state index in [9.17, 15) is 0 Å². The van der Waals surface area contributed by atoms with Crippen molar-refractivity contribution in [2.24, 2.45) is 5.10 Å². The van der Waals surface area contributed by atoms with Crippen molar-refractivity contribution in [2.45, 2.75) is 0 Å². The van der Waals surface area contributed by atoms with Crippen LogP contribution in [0.2, 0.25) is 0 Å². The van der Waals surface area contributed by atoms with Crippen LogP contribution in [0.4, 0.5) is 11.6 Å². The van der Waals surface area contributed by atoms with Crippen LogP contribution in [0.5, 0.6) is 0 Å². The quantitative estimate of drug-likeness (QED) is 0.592. The molecular formula is C17H16N6. The van der Waals surface area contributed by atoms with Gasteiger partial charge in [-0.15, -0.1) is 10.2 Å². The van der Waals surface area contributed by atoms with Crippen LogP contribution in [0.3, 0.4) is 0 Å². The Kier molecular flexibility index (Phi) is 4.24. The Balaban J connectivity index is 1.88. The fraction of sp³-hybridized carbons (Fsp3) is 0.0588. The van der Waals surface area contributed by atoms with Gasteiger partial charge >= 0.3 is 0 Å². The summed E-state index contributed by atoms with van der Waals surface area (Å²) in [5.74, 6) is 1.21. The fourth-order valence-electron chi connectivity index (χ4n) is 2.02. The summed E-state index contributed by atoms with van der Waals surface area (Å²) < 4.78 is 0. The van der Waals surface area contributed by atoms with Crippen LogP contribution in [0.25, 0.3) is 11.4 Å². The Morgan fingerprint density at radius 2 is 1.61 bits per heavy atom. The Bertz CT molecular complexity index is 802. The molecule has 114 valence electrons. The summed E-state index contributed by atoms with van der Waals surface area (Å²) in [6.45, 7) is 0. The van der Waals surface area contributed by atoms with Crippen molar-refractivity contribution in [3.8, 4) is 11.4 Å². The van der Waals surface area contributed by atoms with E-state index in [2.05, 4.69) is 20.3 Å². The SMILES string of the molecule is CN(N=Cc1ccccc1)c1nc(-c2ccccc2)nnc1N. The van der Waals surface area contributed by atoms with Gasteiger partial charge in [0.25, 0.3) is 0 Å². The monoisotopic (exact) mass is 304 g/mol. The number of nitrogen functional groups attached to an aromatic ring is 1. The third kappa shape index (κ3) is 3.49. The molecule has 6 nitrogen and oxygen atoms in total. The first-order chi connectivity index (χ1) is 11.2. The number of rotatable bonds is 4. The summed E-state index contributed by atoms with van der Waals surface area (Å²) >= 11 is 0. The first kappa shape index (κ1) is 14.6. The average Bonchev–Trinajstić information content (AvgIpc) is 2.62. The van der Waals surface area contributed by atoms with E-state index < -0.39 is 0 Å². The molecule has 3 aromatic rings. The van der Waals surface area contributed by atoms with Gasteiger partial charge < -0.3 is 5.73 Å². The molecule has 23 heavy (non-hydrogen) atoms. The maximum Gasteiger partial charge on any atom is 0.195 e. The van der Waals surface area contributed by atoms with Crippen molar-refractivity contribution in [3.63, 3.8) is 0 Å². The van der Waals surface area contributed by atoms with Gasteiger partial charge in [-0.1, -0.05) is 60.7 Å². The zero-order chi connectivity index (χ0) is 16.1. The van der Waals surface area contributed by atoms with Crippen LogP contribution in [-0.2, 0) is 0 Å². The molecule has 0 saturated carbocycles. The predicted octanol–water partition coefficient (Wildman–Crippen LogP) is 2.59. The lowest BCUT2D eigenvalue weighted by molar-refractivity contribution is 0.923. The minimum atomic E-state index is 0.234. The number of anilines is 2. The Morgan fingerprint density at radius 1 is 0.957 bits per heavy atom. The molecule has 0 amide bonds. The second-order valence-corrected chi connectivity index (χ2v) is 4.89. The number of aromatic nitrogens is 3. The molecule has 1 aromatic heterocycles. The lowest BCUT2D eigenvalue weighted by Gasteiger charge is -2.13. The van der Waals surface area contributed by atoms with Crippen molar-refractivity contribution >= 4 is 17.9 Å². The van der Waals surface area contributed by atoms with Crippen molar-refractivity contribution in [3.05, 3.63) is 66.2 Å². The van der Waals surface area contributed by atoms with Gasteiger partial charge in [-0.25, -0.2) is 9.99 Å². The third-order valence-electron chi connectivity index (χ3n) is 3.21. The second-order valence-electron chi connectivity index (χ2n) is 4.89. The summed E-state index contributed by atoms with van der Waals surface area (Å²) in [6, 6.07) is 19.4. The van der Waals surface area contributed by atoms with Crippen LogP contribution < -0.4 is 10.7 Å². The van der Waals surface area contributed by atoms with Gasteiger partial charge in [0.15, 0.2) is 17.5 Å². The smallest absolute Gasteiger partial charge is 0.195 e. The molecule has 0 radical (unpaired) electrons. The zero-order valence-electron chi connectivity index (χ0n) is 12.7. The molecule has 2 N–H and O–H groups in total. The van der Waals surface area contributed by atoms with E-state index in [0.29, 0.717) is 11.6 Å². The minimum Gasteiger partial charge on any atom is -0.379 e. The van der Waals surface area contributed by atoms with Crippen LogP contribution in [0.1, 0.15) is 5.56 Å². The maximum absolute atomic E-state index is 5.89. The van der Waals surface area contributed by atoms with Gasteiger partial charge in [-0.3, -0.25) is 0 Å². The second kappa shape index (κ2) is 6.65. The molecule has 1 heterocycles. The molecule has 0 atom stereocenters. The molecule has 0 aliphatic heterocycles. The van der Waals surface area contributed by atoms with E-state index in [1.807, 2.05) is 60.7 Å². The van der Waals surface area contributed by atoms with Gasteiger partial charge in [0.05, 0.1) is 6.21 Å². The molecule has 0 spiro atoms. The third-order valence-corrected chi connectivity index (χ3v) is 3.21. The van der Waals surface area contributed by atoms with Gasteiger partial charge in [0.2, 0.25) is 0 Å². The summed E-state index contributed by atoms with van der Waals surface area (Å²) in [5, 5.41) is 14.0. The van der Waals surface area contributed by atoms with E-state index in [-0.39, 0.29) is 5.82 Å². The van der Waals surface area contributed by atoms with Crippen molar-refractivity contribution in [1.82, 2.24) is 15.2 Å². The number of hydrogen-bond donors (Lipinski definition) is 1. The normalized spacial score (nSPS) is 10.8. The van der Waals surface area contributed by atoms with Crippen LogP contribution in [0.15, 0.2) is 65.8 Å². The summed E-state index contributed by atoms with van der Waals surface area (Å²) in [6.07, 6.45) is 1.74. The van der Waals surface area contributed by atoms with E-state index in [0.717, 1.165) is 11.1 Å². The van der Waals surface area contributed by atoms with Gasteiger partial charge in [-0.2, -0.15) is 5.10 Å². The highest BCUT2D eigenvalue weighted by atomic mass is 15.5. The zero-order valence-corrected chi connectivity index (χ0v) is 12.7. The Morgan fingerprint density at radius 3 is 2.30 bits per heavy atom. The first-order valence-electron chi connectivity index (χ1n) is 7.12. The summed E-state index contributed by atoms with van der Waals surface area (Å²) in [7, 11) is 1.77. The number of nitrogens with two attached hydrogens (primary N) is 1. The fourth-order valence-corrected chi connectivity index (χ4v) is 2.02. The van der Waals surface area contributed by atoms with Crippen LogP contribution in [0, 0.1) is 0 Å². The molecule has 0 aliphatic carbocycles. The van der Waals surface area contributed by atoms with E-state index in [1.165, 1.54) is 0 Å². The molecule has 3 rings (SSSR count). The van der Waals surface area contributed by atoms with Gasteiger partial charge in [-0.05, 0) is 5.56 Å². The molecule has 2 aromatic carbocycles. The molecule has 0 saturated heterocycles. The largest absolute Gasteiger partial charge is 0.379 e. The van der Waals surface area contributed by atoms with Crippen molar-refractivity contribution in [2.75, 3.05) is 17.8 Å². The molecule has 6 heteroatoms. The maximum atomic E-state index is 5.89. The lowest BCUT2D eigenvalue weighted by atomic mass is 10.2. The Hall–Kier alpha value is -3.28. The van der Waals surface area contributed by atoms with Gasteiger partial charge in [0, 0.05) is 12.6 Å². The number of nitrogens with zero attached hydrogens (tertiary/aromatic N) is 5. The number of benzene rings is 2. The summed E-state index contributed by atoms with van der Waals surface area (Å²) in [4.78, 5) is 4.47. The molecule has 0 aliphatic rings. The molecular weight excluding hydrogens is 288 g/mol. The van der Waals surface area contributed by atoms with E-state index in [4.69, 9.17) is 5.73 Å². The van der Waals surface area contributed by atoms with Crippen molar-refractivity contribution < 1.29 is 0 Å². The standard InChI is InChI=1S/C17H16N6/c1-23(19-12-13-8-4-2-5-9-13)17-15(18)21-22-16(20-17)14-10-6-3-7-11-14/h2-12H,1H3,(H2,18,21). The highest BCUT2D eigenvalue weighted by molar-refractivity contribution is 5.80. The molecule has 0 unspecified atom stereocenters. The molecule has 0 bridgehead atoms. The lowest BCUT2D eigenvalue weighted by Crippen LogP contribution is -2.15.